The van der Waals surface area contributed by atoms with Crippen molar-refractivity contribution in [2.45, 2.75) is 39.7 Å². The maximum Gasteiger partial charge on any atom is 0.267 e. The second-order valence-electron chi connectivity index (χ2n) is 10.7. The van der Waals surface area contributed by atoms with Crippen LogP contribution in [0.25, 0.3) is 22.2 Å². The Hall–Kier alpha value is -5.30. The molecule has 1 saturated heterocycles. The molecule has 43 heavy (non-hydrogen) atoms. The van der Waals surface area contributed by atoms with E-state index in [1.54, 1.807) is 54.4 Å². The summed E-state index contributed by atoms with van der Waals surface area (Å²) in [6.07, 6.45) is 4.95. The molecule has 0 bridgehead atoms. The molecule has 1 unspecified atom stereocenters. The molecular weight excluding hydrogens is 542 g/mol. The summed E-state index contributed by atoms with van der Waals surface area (Å²) in [4.78, 5) is 50.6. The van der Waals surface area contributed by atoms with E-state index in [0.717, 1.165) is 12.8 Å². The summed E-state index contributed by atoms with van der Waals surface area (Å²) in [6, 6.07) is 15.8. The highest BCUT2D eigenvalue weighted by molar-refractivity contribution is 6.01. The molecule has 1 N–H and O–H groups in total. The predicted octanol–water partition coefficient (Wildman–Crippen LogP) is 3.84. The average Bonchev–Trinajstić information content (AvgIpc) is 3.36. The van der Waals surface area contributed by atoms with Crippen LogP contribution >= 0.6 is 0 Å². The normalized spacial score (nSPS) is 14.3. The van der Waals surface area contributed by atoms with Gasteiger partial charge in [0, 0.05) is 43.9 Å². The van der Waals surface area contributed by atoms with Gasteiger partial charge in [-0.2, -0.15) is 5.10 Å². The molecule has 1 aliphatic rings. The average molecular weight is 574 g/mol. The van der Waals surface area contributed by atoms with E-state index in [9.17, 15) is 14.4 Å². The van der Waals surface area contributed by atoms with Crippen LogP contribution in [0, 0.1) is 24.7 Å². The zero-order valence-corrected chi connectivity index (χ0v) is 24.2. The van der Waals surface area contributed by atoms with Crippen LogP contribution in [0.4, 0.5) is 0 Å². The Bertz CT molecular complexity index is 1980. The van der Waals surface area contributed by atoms with Crippen molar-refractivity contribution in [3.05, 3.63) is 100.0 Å². The van der Waals surface area contributed by atoms with Crippen molar-refractivity contribution < 1.29 is 9.59 Å². The van der Waals surface area contributed by atoms with Crippen LogP contribution in [0.2, 0.25) is 0 Å². The van der Waals surface area contributed by atoms with E-state index in [1.165, 1.54) is 0 Å². The standard InChI is InChI=1S/C33H31N7O3/c1-21-28(31-34-17-8-18-39(31)37-21)32(42)35-22(2)30-36-27-12-7-9-25(14-13-24-15-19-38(20-16-24)23(3)41)29(27)33(43)40(30)26-10-5-4-6-11-26/h4-12,17-18,22,24H,15-16,19-20H2,1-3H3,(H,35,42). The number of fused-ring (bicyclic) bond motifs is 2. The summed E-state index contributed by atoms with van der Waals surface area (Å²) in [5, 5.41) is 7.84. The Kier molecular flexibility index (Phi) is 7.47. The first-order chi connectivity index (χ1) is 20.8. The fraction of sp³-hybridized carbons (Fsp3) is 0.273. The minimum absolute atomic E-state index is 0.0831. The Labute approximate surface area is 248 Å². The van der Waals surface area contributed by atoms with E-state index in [1.807, 2.05) is 47.4 Å². The van der Waals surface area contributed by atoms with Crippen LogP contribution in [0.5, 0.6) is 0 Å². The van der Waals surface area contributed by atoms with E-state index in [2.05, 4.69) is 27.2 Å². The van der Waals surface area contributed by atoms with Crippen LogP contribution in [0.3, 0.4) is 0 Å². The van der Waals surface area contributed by atoms with Gasteiger partial charge >= 0.3 is 0 Å². The number of likely N-dealkylation sites (tertiary alicyclic amines) is 1. The van der Waals surface area contributed by atoms with Crippen molar-refractivity contribution in [2.75, 3.05) is 13.1 Å². The number of piperidine rings is 1. The summed E-state index contributed by atoms with van der Waals surface area (Å²) in [7, 11) is 0. The van der Waals surface area contributed by atoms with Crippen molar-refractivity contribution in [3.8, 4) is 17.5 Å². The number of carbonyl (C=O) groups excluding carboxylic acids is 2. The monoisotopic (exact) mass is 573 g/mol. The molecule has 0 spiro atoms. The molecule has 1 aliphatic heterocycles. The lowest BCUT2D eigenvalue weighted by molar-refractivity contribution is -0.129. The molecule has 6 rings (SSSR count). The maximum absolute atomic E-state index is 14.3. The van der Waals surface area contributed by atoms with Gasteiger partial charge in [-0.25, -0.2) is 14.5 Å². The van der Waals surface area contributed by atoms with Crippen LogP contribution in [0.15, 0.2) is 71.8 Å². The van der Waals surface area contributed by atoms with Crippen molar-refractivity contribution in [1.29, 1.82) is 0 Å². The van der Waals surface area contributed by atoms with Gasteiger partial charge in [-0.1, -0.05) is 36.1 Å². The van der Waals surface area contributed by atoms with Gasteiger partial charge in [0.1, 0.15) is 11.4 Å². The van der Waals surface area contributed by atoms with Crippen molar-refractivity contribution in [3.63, 3.8) is 0 Å². The molecule has 10 heteroatoms. The molecule has 1 fully saturated rings. The molecule has 2 amide bonds. The Balaban J connectivity index is 1.40. The van der Waals surface area contributed by atoms with E-state index in [0.29, 0.717) is 58.0 Å². The number of carbonyl (C=O) groups is 2. The van der Waals surface area contributed by atoms with Crippen molar-refractivity contribution in [2.24, 2.45) is 5.92 Å². The van der Waals surface area contributed by atoms with Gasteiger partial charge in [-0.15, -0.1) is 0 Å². The van der Waals surface area contributed by atoms with E-state index >= 15 is 0 Å². The van der Waals surface area contributed by atoms with Gasteiger partial charge in [0.25, 0.3) is 11.5 Å². The molecule has 216 valence electrons. The summed E-state index contributed by atoms with van der Waals surface area (Å²) >= 11 is 0. The highest BCUT2D eigenvalue weighted by atomic mass is 16.2. The SMILES string of the molecule is CC(=O)N1CCC(C#Cc2cccc3nc(C(C)NC(=O)c4c(C)nn5cccnc45)n(-c4ccccc4)c(=O)c23)CC1. The Morgan fingerprint density at radius 1 is 1.05 bits per heavy atom. The number of aryl methyl sites for hydroxylation is 1. The van der Waals surface area contributed by atoms with Gasteiger partial charge < -0.3 is 10.2 Å². The van der Waals surface area contributed by atoms with Crippen LogP contribution in [-0.4, -0.2) is 54.0 Å². The lowest BCUT2D eigenvalue weighted by Gasteiger charge is -2.28. The Morgan fingerprint density at radius 2 is 1.81 bits per heavy atom. The molecule has 3 aromatic heterocycles. The molecule has 10 nitrogen and oxygen atoms in total. The summed E-state index contributed by atoms with van der Waals surface area (Å²) in [6.45, 7) is 6.52. The van der Waals surface area contributed by atoms with E-state index < -0.39 is 6.04 Å². The van der Waals surface area contributed by atoms with Gasteiger partial charge in [-0.3, -0.25) is 19.0 Å². The fourth-order valence-corrected chi connectivity index (χ4v) is 5.58. The smallest absolute Gasteiger partial charge is 0.267 e. The van der Waals surface area contributed by atoms with Gasteiger partial charge in [0.2, 0.25) is 5.91 Å². The fourth-order valence-electron chi connectivity index (χ4n) is 5.58. The highest BCUT2D eigenvalue weighted by Gasteiger charge is 2.25. The molecular formula is C33H31N7O3. The molecule has 0 saturated carbocycles. The number of hydrogen-bond donors (Lipinski definition) is 1. The number of rotatable bonds is 4. The maximum atomic E-state index is 14.3. The first kappa shape index (κ1) is 27.8. The van der Waals surface area contributed by atoms with Gasteiger partial charge in [-0.05, 0) is 57.0 Å². The van der Waals surface area contributed by atoms with Crippen molar-refractivity contribution in [1.82, 2.24) is 34.4 Å². The Morgan fingerprint density at radius 3 is 2.56 bits per heavy atom. The summed E-state index contributed by atoms with van der Waals surface area (Å²) in [5.74, 6) is 6.85. The lowest BCUT2D eigenvalue weighted by Crippen LogP contribution is -2.36. The second kappa shape index (κ2) is 11.5. The van der Waals surface area contributed by atoms with Crippen LogP contribution < -0.4 is 10.9 Å². The minimum atomic E-state index is -0.635. The number of nitrogens with zero attached hydrogens (tertiary/aromatic N) is 6. The van der Waals surface area contributed by atoms with E-state index in [-0.39, 0.29) is 23.3 Å². The van der Waals surface area contributed by atoms with Gasteiger partial charge in [0.15, 0.2) is 5.65 Å². The third-order valence-corrected chi connectivity index (χ3v) is 7.82. The lowest BCUT2D eigenvalue weighted by atomic mass is 9.96. The zero-order chi connectivity index (χ0) is 30.1. The third-order valence-electron chi connectivity index (χ3n) is 7.82. The number of aromatic nitrogens is 5. The van der Waals surface area contributed by atoms with Crippen LogP contribution in [0.1, 0.15) is 60.2 Å². The number of nitrogens with one attached hydrogen (secondary N) is 1. The largest absolute Gasteiger partial charge is 0.343 e. The zero-order valence-electron chi connectivity index (χ0n) is 24.2. The number of benzene rings is 2. The quantitative estimate of drug-likeness (QED) is 0.327. The molecule has 1 atom stereocenters. The highest BCUT2D eigenvalue weighted by Crippen LogP contribution is 2.22. The van der Waals surface area contributed by atoms with Gasteiger partial charge in [0.05, 0.1) is 28.3 Å². The third kappa shape index (κ3) is 5.37. The van der Waals surface area contributed by atoms with Crippen molar-refractivity contribution >= 4 is 28.4 Å². The first-order valence-electron chi connectivity index (χ1n) is 14.3. The number of amides is 2. The predicted molar refractivity (Wildman–Crippen MR) is 163 cm³/mol. The number of hydrogen-bond acceptors (Lipinski definition) is 6. The number of para-hydroxylation sites is 1. The summed E-state index contributed by atoms with van der Waals surface area (Å²) in [5.41, 5.74) is 2.83. The molecule has 2 aromatic carbocycles. The molecule has 4 heterocycles. The molecule has 5 aromatic rings. The van der Waals surface area contributed by atoms with Crippen LogP contribution in [-0.2, 0) is 4.79 Å². The minimum Gasteiger partial charge on any atom is -0.343 e. The first-order valence-corrected chi connectivity index (χ1v) is 14.3. The molecule has 0 radical (unpaired) electrons. The second-order valence-corrected chi connectivity index (χ2v) is 10.7. The summed E-state index contributed by atoms with van der Waals surface area (Å²) < 4.78 is 3.11. The topological polar surface area (TPSA) is 114 Å². The molecule has 0 aliphatic carbocycles. The van der Waals surface area contributed by atoms with E-state index in [4.69, 9.17) is 4.98 Å².